The van der Waals surface area contributed by atoms with E-state index in [0.29, 0.717) is 6.61 Å². The lowest BCUT2D eigenvalue weighted by Crippen LogP contribution is -2.45. The Morgan fingerprint density at radius 2 is 1.80 bits per heavy atom. The van der Waals surface area contributed by atoms with E-state index < -0.39 is 0 Å². The standard InChI is InChI=1S/C12H25NO2/c1-7-12(6,13-10(2)14)8-9-15-11(3,4)5/h7-9H2,1-6H3,(H,13,14). The van der Waals surface area contributed by atoms with E-state index in [4.69, 9.17) is 4.74 Å². The molecule has 3 heteroatoms. The van der Waals surface area contributed by atoms with Gasteiger partial charge in [0.15, 0.2) is 0 Å². The number of nitrogens with one attached hydrogen (secondary N) is 1. The van der Waals surface area contributed by atoms with Crippen molar-refractivity contribution >= 4 is 5.91 Å². The molecule has 1 atom stereocenters. The molecule has 0 saturated heterocycles. The third-order valence-corrected chi connectivity index (χ3v) is 2.45. The van der Waals surface area contributed by atoms with Crippen LogP contribution >= 0.6 is 0 Å². The molecule has 3 nitrogen and oxygen atoms in total. The zero-order valence-electron chi connectivity index (χ0n) is 10.9. The molecule has 0 aromatic heterocycles. The summed E-state index contributed by atoms with van der Waals surface area (Å²) in [4.78, 5) is 11.0. The average Bonchev–Trinajstić information content (AvgIpc) is 2.00. The van der Waals surface area contributed by atoms with Gasteiger partial charge in [-0.25, -0.2) is 0 Å². The minimum Gasteiger partial charge on any atom is -0.376 e. The summed E-state index contributed by atoms with van der Waals surface area (Å²) in [6.45, 7) is 12.5. The first-order chi connectivity index (χ1) is 6.68. The molecule has 0 saturated carbocycles. The second-order valence-electron chi connectivity index (χ2n) is 5.31. The SMILES string of the molecule is CCC(C)(CCOC(C)(C)C)NC(C)=O. The van der Waals surface area contributed by atoms with E-state index in [2.05, 4.69) is 19.2 Å². The average molecular weight is 215 g/mol. The summed E-state index contributed by atoms with van der Waals surface area (Å²) < 4.78 is 5.66. The first kappa shape index (κ1) is 14.4. The van der Waals surface area contributed by atoms with E-state index >= 15 is 0 Å². The monoisotopic (exact) mass is 215 g/mol. The number of hydrogen-bond donors (Lipinski definition) is 1. The molecule has 0 aliphatic heterocycles. The molecule has 0 aromatic rings. The van der Waals surface area contributed by atoms with Crippen molar-refractivity contribution in [2.24, 2.45) is 0 Å². The largest absolute Gasteiger partial charge is 0.376 e. The van der Waals surface area contributed by atoms with Crippen molar-refractivity contribution in [3.8, 4) is 0 Å². The van der Waals surface area contributed by atoms with Gasteiger partial charge >= 0.3 is 0 Å². The molecule has 0 aliphatic carbocycles. The number of carbonyl (C=O) groups excluding carboxylic acids is 1. The van der Waals surface area contributed by atoms with Crippen LogP contribution in [0.4, 0.5) is 0 Å². The van der Waals surface area contributed by atoms with Gasteiger partial charge in [0, 0.05) is 19.1 Å². The fraction of sp³-hybridized carbons (Fsp3) is 0.917. The van der Waals surface area contributed by atoms with Crippen LogP contribution in [0.3, 0.4) is 0 Å². The highest BCUT2D eigenvalue weighted by atomic mass is 16.5. The Bertz CT molecular complexity index is 208. The lowest BCUT2D eigenvalue weighted by Gasteiger charge is -2.30. The molecule has 0 aliphatic rings. The summed E-state index contributed by atoms with van der Waals surface area (Å²) in [5.74, 6) is 0.0232. The van der Waals surface area contributed by atoms with E-state index in [9.17, 15) is 4.79 Å². The Hall–Kier alpha value is -0.570. The van der Waals surface area contributed by atoms with Gasteiger partial charge < -0.3 is 10.1 Å². The van der Waals surface area contributed by atoms with Gasteiger partial charge in [0.05, 0.1) is 5.60 Å². The fourth-order valence-corrected chi connectivity index (χ4v) is 1.34. The maximum atomic E-state index is 11.0. The van der Waals surface area contributed by atoms with Gasteiger partial charge in [0.2, 0.25) is 5.91 Å². The predicted molar refractivity (Wildman–Crippen MR) is 62.8 cm³/mol. The van der Waals surface area contributed by atoms with Crippen molar-refractivity contribution in [3.63, 3.8) is 0 Å². The maximum absolute atomic E-state index is 11.0. The minimum absolute atomic E-state index is 0.0232. The highest BCUT2D eigenvalue weighted by Gasteiger charge is 2.23. The Morgan fingerprint density at radius 1 is 1.27 bits per heavy atom. The molecular formula is C12H25NO2. The number of rotatable bonds is 5. The van der Waals surface area contributed by atoms with E-state index in [0.717, 1.165) is 12.8 Å². The third-order valence-electron chi connectivity index (χ3n) is 2.45. The van der Waals surface area contributed by atoms with Crippen LogP contribution in [0.2, 0.25) is 0 Å². The first-order valence-corrected chi connectivity index (χ1v) is 5.61. The van der Waals surface area contributed by atoms with E-state index in [1.807, 2.05) is 20.8 Å². The van der Waals surface area contributed by atoms with E-state index in [1.165, 1.54) is 0 Å². The summed E-state index contributed by atoms with van der Waals surface area (Å²) >= 11 is 0. The van der Waals surface area contributed by atoms with Gasteiger partial charge in [-0.05, 0) is 40.5 Å². The van der Waals surface area contributed by atoms with Gasteiger partial charge in [-0.3, -0.25) is 4.79 Å². The molecule has 1 unspecified atom stereocenters. The van der Waals surface area contributed by atoms with Gasteiger partial charge in [0.1, 0.15) is 0 Å². The van der Waals surface area contributed by atoms with E-state index in [1.54, 1.807) is 6.92 Å². The number of amides is 1. The van der Waals surface area contributed by atoms with Crippen molar-refractivity contribution in [3.05, 3.63) is 0 Å². The molecule has 90 valence electrons. The van der Waals surface area contributed by atoms with Crippen LogP contribution in [-0.2, 0) is 9.53 Å². The summed E-state index contributed by atoms with van der Waals surface area (Å²) in [5.41, 5.74) is -0.248. The summed E-state index contributed by atoms with van der Waals surface area (Å²) in [6, 6.07) is 0. The molecule has 1 amide bonds. The van der Waals surface area contributed by atoms with Crippen molar-refractivity contribution in [2.75, 3.05) is 6.61 Å². The van der Waals surface area contributed by atoms with Crippen LogP contribution in [0.25, 0.3) is 0 Å². The second kappa shape index (κ2) is 5.50. The zero-order valence-corrected chi connectivity index (χ0v) is 10.9. The van der Waals surface area contributed by atoms with Crippen molar-refractivity contribution in [1.82, 2.24) is 5.32 Å². The maximum Gasteiger partial charge on any atom is 0.217 e. The molecule has 0 radical (unpaired) electrons. The normalized spacial score (nSPS) is 15.9. The topological polar surface area (TPSA) is 38.3 Å². The molecule has 0 rings (SSSR count). The highest BCUT2D eigenvalue weighted by molar-refractivity contribution is 5.73. The molecular weight excluding hydrogens is 190 g/mol. The zero-order chi connectivity index (χ0) is 12.1. The van der Waals surface area contributed by atoms with Crippen molar-refractivity contribution < 1.29 is 9.53 Å². The van der Waals surface area contributed by atoms with Crippen LogP contribution in [0.15, 0.2) is 0 Å². The van der Waals surface area contributed by atoms with Gasteiger partial charge in [0.25, 0.3) is 0 Å². The number of carbonyl (C=O) groups is 1. The lowest BCUT2D eigenvalue weighted by molar-refractivity contribution is -0.121. The van der Waals surface area contributed by atoms with E-state index in [-0.39, 0.29) is 17.0 Å². The molecule has 1 N–H and O–H groups in total. The lowest BCUT2D eigenvalue weighted by atomic mass is 9.95. The van der Waals surface area contributed by atoms with Crippen LogP contribution in [0.5, 0.6) is 0 Å². The van der Waals surface area contributed by atoms with Gasteiger partial charge in [-0.15, -0.1) is 0 Å². The first-order valence-electron chi connectivity index (χ1n) is 5.61. The Kier molecular flexibility index (Phi) is 5.29. The van der Waals surface area contributed by atoms with Crippen molar-refractivity contribution in [1.29, 1.82) is 0 Å². The van der Waals surface area contributed by atoms with Crippen LogP contribution < -0.4 is 5.32 Å². The quantitative estimate of drug-likeness (QED) is 0.765. The van der Waals surface area contributed by atoms with Crippen LogP contribution in [0, 0.1) is 0 Å². The summed E-state index contributed by atoms with van der Waals surface area (Å²) in [6.07, 6.45) is 1.76. The Labute approximate surface area is 93.6 Å². The summed E-state index contributed by atoms with van der Waals surface area (Å²) in [7, 11) is 0. The summed E-state index contributed by atoms with van der Waals surface area (Å²) in [5, 5.41) is 2.97. The molecule has 0 bridgehead atoms. The Morgan fingerprint density at radius 3 is 2.13 bits per heavy atom. The number of ether oxygens (including phenoxy) is 1. The minimum atomic E-state index is -0.142. The Balaban J connectivity index is 4.04. The fourth-order valence-electron chi connectivity index (χ4n) is 1.34. The molecule has 15 heavy (non-hydrogen) atoms. The molecule has 0 fully saturated rings. The molecule has 0 aromatic carbocycles. The number of hydrogen-bond acceptors (Lipinski definition) is 2. The second-order valence-corrected chi connectivity index (χ2v) is 5.31. The van der Waals surface area contributed by atoms with Crippen LogP contribution in [-0.4, -0.2) is 23.7 Å². The van der Waals surface area contributed by atoms with Gasteiger partial charge in [-0.2, -0.15) is 0 Å². The van der Waals surface area contributed by atoms with Gasteiger partial charge in [-0.1, -0.05) is 6.92 Å². The smallest absolute Gasteiger partial charge is 0.217 e. The molecule has 0 heterocycles. The third kappa shape index (κ3) is 7.37. The van der Waals surface area contributed by atoms with Crippen molar-refractivity contribution in [2.45, 2.75) is 65.5 Å². The van der Waals surface area contributed by atoms with Crippen LogP contribution in [0.1, 0.15) is 54.4 Å². The highest BCUT2D eigenvalue weighted by Crippen LogP contribution is 2.16. The molecule has 0 spiro atoms. The predicted octanol–water partition coefficient (Wildman–Crippen LogP) is 2.50.